The average Bonchev–Trinajstić information content (AvgIpc) is 3.09. The highest BCUT2D eigenvalue weighted by Gasteiger charge is 2.25. The van der Waals surface area contributed by atoms with Crippen LogP contribution in [0.25, 0.3) is 11.0 Å². The standard InChI is InChI=1S/C20H22ClN5O/c21-17-11-23-19-18(17)20(25-13-24-19)26-8-4-5-14(12-26)9-16(27)10-22-15-6-2-1-3-7-15/h1-3,6-7,11,13-14,22H,4-5,8-10,12H2,(H,23,24,25). The maximum atomic E-state index is 12.4. The molecule has 1 aliphatic heterocycles. The highest BCUT2D eigenvalue weighted by atomic mass is 35.5. The minimum atomic E-state index is 0.234. The zero-order valence-electron chi connectivity index (χ0n) is 15.0. The Morgan fingerprint density at radius 1 is 1.30 bits per heavy atom. The van der Waals surface area contributed by atoms with Crippen LogP contribution in [0.1, 0.15) is 19.3 Å². The highest BCUT2D eigenvalue weighted by Crippen LogP contribution is 2.32. The minimum absolute atomic E-state index is 0.234. The number of hydrogen-bond acceptors (Lipinski definition) is 5. The molecule has 1 atom stereocenters. The third-order valence-electron chi connectivity index (χ3n) is 5.00. The number of ketones is 1. The number of anilines is 2. The van der Waals surface area contributed by atoms with Crippen molar-refractivity contribution in [1.29, 1.82) is 0 Å². The monoisotopic (exact) mass is 383 g/mol. The van der Waals surface area contributed by atoms with Crippen molar-refractivity contribution in [3.05, 3.63) is 47.9 Å². The zero-order chi connectivity index (χ0) is 18.6. The lowest BCUT2D eigenvalue weighted by atomic mass is 9.92. The van der Waals surface area contributed by atoms with E-state index in [1.807, 2.05) is 30.3 Å². The second-order valence-electron chi connectivity index (χ2n) is 6.97. The fourth-order valence-electron chi connectivity index (χ4n) is 3.72. The van der Waals surface area contributed by atoms with Gasteiger partial charge in [-0.1, -0.05) is 29.8 Å². The summed E-state index contributed by atoms with van der Waals surface area (Å²) in [4.78, 5) is 26.4. The molecule has 3 aromatic rings. The number of nitrogens with one attached hydrogen (secondary N) is 2. The first kappa shape index (κ1) is 17.8. The lowest BCUT2D eigenvalue weighted by Gasteiger charge is -2.33. The van der Waals surface area contributed by atoms with Gasteiger partial charge >= 0.3 is 0 Å². The van der Waals surface area contributed by atoms with Crippen molar-refractivity contribution < 1.29 is 4.79 Å². The predicted octanol–water partition coefficient (Wildman–Crippen LogP) is 3.90. The molecule has 1 fully saturated rings. The zero-order valence-corrected chi connectivity index (χ0v) is 15.7. The summed E-state index contributed by atoms with van der Waals surface area (Å²) in [6, 6.07) is 9.82. The molecule has 3 heterocycles. The van der Waals surface area contributed by atoms with Crippen LogP contribution in [0.3, 0.4) is 0 Å². The molecule has 0 spiro atoms. The maximum absolute atomic E-state index is 12.4. The van der Waals surface area contributed by atoms with E-state index in [0.29, 0.717) is 23.9 Å². The van der Waals surface area contributed by atoms with Gasteiger partial charge in [-0.25, -0.2) is 9.97 Å². The Kier molecular flexibility index (Phi) is 5.25. The minimum Gasteiger partial charge on any atom is -0.378 e. The van der Waals surface area contributed by atoms with Crippen LogP contribution in [-0.4, -0.2) is 40.4 Å². The van der Waals surface area contributed by atoms with Crippen LogP contribution in [-0.2, 0) is 4.79 Å². The summed E-state index contributed by atoms with van der Waals surface area (Å²) < 4.78 is 0. The van der Waals surface area contributed by atoms with E-state index >= 15 is 0 Å². The molecule has 0 radical (unpaired) electrons. The molecule has 1 saturated heterocycles. The van der Waals surface area contributed by atoms with Gasteiger partial charge in [0, 0.05) is 31.4 Å². The van der Waals surface area contributed by atoms with Crippen LogP contribution in [0.4, 0.5) is 11.5 Å². The van der Waals surface area contributed by atoms with Crippen LogP contribution < -0.4 is 10.2 Å². The van der Waals surface area contributed by atoms with E-state index in [-0.39, 0.29) is 5.78 Å². The fraction of sp³-hybridized carbons (Fsp3) is 0.350. The molecule has 27 heavy (non-hydrogen) atoms. The van der Waals surface area contributed by atoms with Gasteiger partial charge in [0.2, 0.25) is 0 Å². The summed E-state index contributed by atoms with van der Waals surface area (Å²) in [5, 5.41) is 4.69. The second-order valence-corrected chi connectivity index (χ2v) is 7.38. The van der Waals surface area contributed by atoms with Gasteiger partial charge in [-0.2, -0.15) is 0 Å². The number of para-hydroxylation sites is 1. The van der Waals surface area contributed by atoms with E-state index in [0.717, 1.165) is 48.5 Å². The fourth-order valence-corrected chi connectivity index (χ4v) is 3.95. The Bertz CT molecular complexity index is 927. The molecule has 2 N–H and O–H groups in total. The Labute approximate surface area is 163 Å². The first-order valence-electron chi connectivity index (χ1n) is 9.24. The van der Waals surface area contributed by atoms with E-state index in [9.17, 15) is 4.79 Å². The average molecular weight is 384 g/mol. The van der Waals surface area contributed by atoms with Crippen molar-refractivity contribution in [3.63, 3.8) is 0 Å². The first-order valence-corrected chi connectivity index (χ1v) is 9.61. The van der Waals surface area contributed by atoms with Gasteiger partial charge < -0.3 is 15.2 Å². The number of halogens is 1. The topological polar surface area (TPSA) is 73.9 Å². The van der Waals surface area contributed by atoms with Gasteiger partial charge in [-0.05, 0) is 30.9 Å². The van der Waals surface area contributed by atoms with Crippen LogP contribution in [0.2, 0.25) is 5.02 Å². The van der Waals surface area contributed by atoms with Crippen molar-refractivity contribution in [2.24, 2.45) is 5.92 Å². The van der Waals surface area contributed by atoms with Crippen molar-refractivity contribution in [2.45, 2.75) is 19.3 Å². The third kappa shape index (κ3) is 4.06. The van der Waals surface area contributed by atoms with Gasteiger partial charge in [-0.15, -0.1) is 0 Å². The number of rotatable bonds is 6. The smallest absolute Gasteiger partial charge is 0.152 e. The number of hydrogen-bond donors (Lipinski definition) is 2. The van der Waals surface area contributed by atoms with Crippen LogP contribution in [0.15, 0.2) is 42.9 Å². The van der Waals surface area contributed by atoms with E-state index in [2.05, 4.69) is 25.2 Å². The molecule has 0 saturated carbocycles. The molecule has 4 rings (SSSR count). The molecule has 140 valence electrons. The van der Waals surface area contributed by atoms with E-state index < -0.39 is 0 Å². The van der Waals surface area contributed by atoms with Gasteiger partial charge in [0.25, 0.3) is 0 Å². The largest absolute Gasteiger partial charge is 0.378 e. The van der Waals surface area contributed by atoms with Crippen LogP contribution in [0.5, 0.6) is 0 Å². The third-order valence-corrected chi connectivity index (χ3v) is 5.30. The van der Waals surface area contributed by atoms with E-state index in [4.69, 9.17) is 11.6 Å². The Hall–Kier alpha value is -2.60. The maximum Gasteiger partial charge on any atom is 0.152 e. The molecular weight excluding hydrogens is 362 g/mol. The number of benzene rings is 1. The summed E-state index contributed by atoms with van der Waals surface area (Å²) >= 11 is 6.32. The number of aromatic nitrogens is 3. The molecule has 1 aromatic carbocycles. The van der Waals surface area contributed by atoms with Gasteiger partial charge in [-0.3, -0.25) is 4.79 Å². The first-order chi connectivity index (χ1) is 13.2. The lowest BCUT2D eigenvalue weighted by Crippen LogP contribution is -2.37. The second kappa shape index (κ2) is 7.96. The summed E-state index contributed by atoms with van der Waals surface area (Å²) in [5.74, 6) is 1.41. The van der Waals surface area contributed by atoms with Gasteiger partial charge in [0.15, 0.2) is 5.78 Å². The highest BCUT2D eigenvalue weighted by molar-refractivity contribution is 6.36. The summed E-state index contributed by atoms with van der Waals surface area (Å²) in [6.45, 7) is 2.09. The number of piperidine rings is 1. The van der Waals surface area contributed by atoms with Crippen molar-refractivity contribution in [1.82, 2.24) is 15.0 Å². The molecule has 1 aliphatic rings. The number of nitrogens with zero attached hydrogens (tertiary/aromatic N) is 3. The van der Waals surface area contributed by atoms with Gasteiger partial charge in [0.05, 0.1) is 17.0 Å². The van der Waals surface area contributed by atoms with Crippen LogP contribution in [0, 0.1) is 5.92 Å². The van der Waals surface area contributed by atoms with Crippen molar-refractivity contribution in [2.75, 3.05) is 29.9 Å². The molecule has 7 heteroatoms. The summed E-state index contributed by atoms with van der Waals surface area (Å²) in [6.07, 6.45) is 5.97. The Morgan fingerprint density at radius 2 is 2.15 bits per heavy atom. The molecular formula is C20H22ClN5O. The number of H-pyrrole nitrogens is 1. The predicted molar refractivity (Wildman–Crippen MR) is 108 cm³/mol. The molecule has 6 nitrogen and oxygen atoms in total. The number of fused-ring (bicyclic) bond motifs is 1. The number of aromatic amines is 1. The molecule has 0 amide bonds. The number of Topliss-reactive ketones (excluding diaryl/α,β-unsaturated/α-hetero) is 1. The van der Waals surface area contributed by atoms with E-state index in [1.54, 1.807) is 12.5 Å². The Balaban J connectivity index is 1.39. The molecule has 0 aliphatic carbocycles. The molecule has 2 aromatic heterocycles. The van der Waals surface area contributed by atoms with Gasteiger partial charge in [0.1, 0.15) is 17.8 Å². The lowest BCUT2D eigenvalue weighted by molar-refractivity contribution is -0.118. The summed E-state index contributed by atoms with van der Waals surface area (Å²) in [5.41, 5.74) is 1.72. The van der Waals surface area contributed by atoms with E-state index in [1.165, 1.54) is 0 Å². The number of carbonyl (C=O) groups is 1. The number of carbonyl (C=O) groups excluding carboxylic acids is 1. The normalized spacial score (nSPS) is 17.2. The summed E-state index contributed by atoms with van der Waals surface area (Å²) in [7, 11) is 0. The van der Waals surface area contributed by atoms with Crippen molar-refractivity contribution in [3.8, 4) is 0 Å². The molecule has 0 bridgehead atoms. The van der Waals surface area contributed by atoms with Crippen LogP contribution >= 0.6 is 11.6 Å². The van der Waals surface area contributed by atoms with Crippen molar-refractivity contribution >= 4 is 39.9 Å². The SMILES string of the molecule is O=C(CNc1ccccc1)CC1CCCN(c2ncnc3[nH]cc(Cl)c23)C1. The quantitative estimate of drug-likeness (QED) is 0.675. The molecule has 1 unspecified atom stereocenters. The Morgan fingerprint density at radius 3 is 3.00 bits per heavy atom.